The number of benzene rings is 3. The molecule has 174 valence electrons. The van der Waals surface area contributed by atoms with Gasteiger partial charge < -0.3 is 10.2 Å². The van der Waals surface area contributed by atoms with E-state index in [9.17, 15) is 9.18 Å². The summed E-state index contributed by atoms with van der Waals surface area (Å²) in [4.78, 5) is 14.8. The standard InChI is InChI=1S/C26H26FN5OS/c1-31(2)23(19-9-5-3-6-10-19)17-28-24(33)18-34-26-30-29-25(20-13-15-21(27)16-14-20)32(26)22-11-7-4-8-12-22/h3-16,23H,17-18H2,1-2H3,(H,28,33). The Kier molecular flexibility index (Phi) is 7.72. The number of carbonyl (C=O) groups excluding carboxylic acids is 1. The van der Waals surface area contributed by atoms with Gasteiger partial charge in [0, 0.05) is 17.8 Å². The highest BCUT2D eigenvalue weighted by molar-refractivity contribution is 7.99. The molecule has 0 spiro atoms. The van der Waals surface area contributed by atoms with E-state index in [0.717, 1.165) is 16.8 Å². The molecule has 1 amide bonds. The molecule has 0 fully saturated rings. The zero-order valence-electron chi connectivity index (χ0n) is 19.1. The van der Waals surface area contributed by atoms with E-state index in [4.69, 9.17) is 0 Å². The second-order valence-corrected chi connectivity index (χ2v) is 8.91. The average Bonchev–Trinajstić information content (AvgIpc) is 3.28. The molecular formula is C26H26FN5OS. The Morgan fingerprint density at radius 3 is 2.26 bits per heavy atom. The van der Waals surface area contributed by atoms with Gasteiger partial charge in [-0.1, -0.05) is 60.3 Å². The van der Waals surface area contributed by atoms with Gasteiger partial charge >= 0.3 is 0 Å². The van der Waals surface area contributed by atoms with Crippen molar-refractivity contribution in [1.82, 2.24) is 25.0 Å². The van der Waals surface area contributed by atoms with Gasteiger partial charge in [0.25, 0.3) is 0 Å². The fourth-order valence-electron chi connectivity index (χ4n) is 3.62. The maximum Gasteiger partial charge on any atom is 0.230 e. The molecule has 0 radical (unpaired) electrons. The van der Waals surface area contributed by atoms with Gasteiger partial charge in [0.05, 0.1) is 11.8 Å². The first-order chi connectivity index (χ1) is 16.5. The van der Waals surface area contributed by atoms with E-state index in [-0.39, 0.29) is 23.5 Å². The molecular weight excluding hydrogens is 449 g/mol. The fraction of sp³-hybridized carbons (Fsp3) is 0.192. The number of thioether (sulfide) groups is 1. The summed E-state index contributed by atoms with van der Waals surface area (Å²) in [6, 6.07) is 26.0. The molecule has 1 aromatic heterocycles. The van der Waals surface area contributed by atoms with Crippen LogP contribution in [0.1, 0.15) is 11.6 Å². The number of halogens is 1. The minimum absolute atomic E-state index is 0.0770. The third kappa shape index (κ3) is 5.70. The summed E-state index contributed by atoms with van der Waals surface area (Å²) in [5.74, 6) is 0.389. The Bertz CT molecular complexity index is 1210. The molecule has 0 aliphatic rings. The van der Waals surface area contributed by atoms with E-state index < -0.39 is 0 Å². The van der Waals surface area contributed by atoms with E-state index in [1.807, 2.05) is 67.2 Å². The quantitative estimate of drug-likeness (QED) is 0.359. The third-order valence-electron chi connectivity index (χ3n) is 5.38. The van der Waals surface area contributed by atoms with Gasteiger partial charge in [0.2, 0.25) is 5.91 Å². The third-order valence-corrected chi connectivity index (χ3v) is 6.31. The van der Waals surface area contributed by atoms with Crippen LogP contribution in [0.2, 0.25) is 0 Å². The number of hydrogen-bond donors (Lipinski definition) is 1. The normalized spacial score (nSPS) is 12.0. The molecule has 0 saturated heterocycles. The summed E-state index contributed by atoms with van der Waals surface area (Å²) in [5.41, 5.74) is 2.76. The van der Waals surface area contributed by atoms with Crippen molar-refractivity contribution in [3.8, 4) is 17.1 Å². The summed E-state index contributed by atoms with van der Waals surface area (Å²) < 4.78 is 15.3. The molecule has 34 heavy (non-hydrogen) atoms. The molecule has 1 N–H and O–H groups in total. The van der Waals surface area contributed by atoms with Gasteiger partial charge in [-0.3, -0.25) is 9.36 Å². The molecule has 1 heterocycles. The Balaban J connectivity index is 1.48. The van der Waals surface area contributed by atoms with Gasteiger partial charge in [-0.2, -0.15) is 0 Å². The lowest BCUT2D eigenvalue weighted by atomic mass is 10.1. The van der Waals surface area contributed by atoms with Crippen molar-refractivity contribution in [2.24, 2.45) is 0 Å². The number of carbonyl (C=O) groups is 1. The van der Waals surface area contributed by atoms with E-state index in [0.29, 0.717) is 17.5 Å². The van der Waals surface area contributed by atoms with Crippen molar-refractivity contribution >= 4 is 17.7 Å². The van der Waals surface area contributed by atoms with Gasteiger partial charge in [0.15, 0.2) is 11.0 Å². The van der Waals surface area contributed by atoms with Crippen LogP contribution in [0.3, 0.4) is 0 Å². The fourth-order valence-corrected chi connectivity index (χ4v) is 4.41. The molecule has 3 aromatic carbocycles. The summed E-state index contributed by atoms with van der Waals surface area (Å²) >= 11 is 1.31. The van der Waals surface area contributed by atoms with Gasteiger partial charge in [-0.25, -0.2) is 4.39 Å². The number of likely N-dealkylation sites (N-methyl/N-ethyl adjacent to an activating group) is 1. The largest absolute Gasteiger partial charge is 0.353 e. The first-order valence-electron chi connectivity index (χ1n) is 10.9. The van der Waals surface area contributed by atoms with E-state index in [1.54, 1.807) is 12.1 Å². The van der Waals surface area contributed by atoms with Gasteiger partial charge in [0.1, 0.15) is 5.82 Å². The molecule has 1 unspecified atom stereocenters. The van der Waals surface area contributed by atoms with Gasteiger partial charge in [-0.05, 0) is 56.1 Å². The number of amides is 1. The second kappa shape index (κ2) is 11.1. The summed E-state index contributed by atoms with van der Waals surface area (Å²) in [6.45, 7) is 0.503. The predicted molar refractivity (Wildman–Crippen MR) is 133 cm³/mol. The molecule has 0 saturated carbocycles. The van der Waals surface area contributed by atoms with Crippen molar-refractivity contribution in [1.29, 1.82) is 0 Å². The van der Waals surface area contributed by atoms with Crippen LogP contribution in [0.15, 0.2) is 90.1 Å². The number of rotatable bonds is 9. The van der Waals surface area contributed by atoms with Crippen LogP contribution in [0, 0.1) is 5.82 Å². The minimum atomic E-state index is -0.313. The highest BCUT2D eigenvalue weighted by atomic mass is 32.2. The van der Waals surface area contributed by atoms with Crippen molar-refractivity contribution < 1.29 is 9.18 Å². The molecule has 0 aliphatic heterocycles. The highest BCUT2D eigenvalue weighted by Crippen LogP contribution is 2.28. The van der Waals surface area contributed by atoms with Crippen LogP contribution >= 0.6 is 11.8 Å². The lowest BCUT2D eigenvalue weighted by molar-refractivity contribution is -0.118. The molecule has 0 aliphatic carbocycles. The Hall–Kier alpha value is -3.49. The monoisotopic (exact) mass is 475 g/mol. The van der Waals surface area contributed by atoms with E-state index in [2.05, 4.69) is 32.5 Å². The number of nitrogens with one attached hydrogen (secondary N) is 1. The van der Waals surface area contributed by atoms with Crippen molar-refractivity contribution in [3.63, 3.8) is 0 Å². The lowest BCUT2D eigenvalue weighted by Crippen LogP contribution is -2.35. The van der Waals surface area contributed by atoms with Crippen molar-refractivity contribution in [2.45, 2.75) is 11.2 Å². The summed E-state index contributed by atoms with van der Waals surface area (Å²) in [7, 11) is 4.00. The lowest BCUT2D eigenvalue weighted by Gasteiger charge is -2.25. The number of aromatic nitrogens is 3. The Labute approximate surface area is 202 Å². The average molecular weight is 476 g/mol. The van der Waals surface area contributed by atoms with Crippen LogP contribution in [-0.2, 0) is 4.79 Å². The smallest absolute Gasteiger partial charge is 0.230 e. The maximum absolute atomic E-state index is 13.4. The molecule has 4 rings (SSSR count). The van der Waals surface area contributed by atoms with Crippen LogP contribution in [0.5, 0.6) is 0 Å². The first kappa shape index (κ1) is 23.7. The second-order valence-electron chi connectivity index (χ2n) is 7.97. The van der Waals surface area contributed by atoms with Crippen LogP contribution < -0.4 is 5.32 Å². The number of hydrogen-bond acceptors (Lipinski definition) is 5. The van der Waals surface area contributed by atoms with Crippen LogP contribution in [-0.4, -0.2) is 52.0 Å². The van der Waals surface area contributed by atoms with Crippen LogP contribution in [0.25, 0.3) is 17.1 Å². The van der Waals surface area contributed by atoms with E-state index in [1.165, 1.54) is 23.9 Å². The highest BCUT2D eigenvalue weighted by Gasteiger charge is 2.19. The molecule has 4 aromatic rings. The van der Waals surface area contributed by atoms with Crippen molar-refractivity contribution in [3.05, 3.63) is 96.3 Å². The van der Waals surface area contributed by atoms with Crippen molar-refractivity contribution in [2.75, 3.05) is 26.4 Å². The zero-order chi connectivity index (χ0) is 23.9. The predicted octanol–water partition coefficient (Wildman–Crippen LogP) is 4.58. The van der Waals surface area contributed by atoms with E-state index >= 15 is 0 Å². The number of nitrogens with zero attached hydrogens (tertiary/aromatic N) is 4. The maximum atomic E-state index is 13.4. The SMILES string of the molecule is CN(C)C(CNC(=O)CSc1nnc(-c2ccc(F)cc2)n1-c1ccccc1)c1ccccc1. The summed E-state index contributed by atoms with van der Waals surface area (Å²) in [6.07, 6.45) is 0. The van der Waals surface area contributed by atoms with Gasteiger partial charge in [-0.15, -0.1) is 10.2 Å². The Morgan fingerprint density at radius 2 is 1.62 bits per heavy atom. The molecule has 6 nitrogen and oxygen atoms in total. The minimum Gasteiger partial charge on any atom is -0.353 e. The zero-order valence-corrected chi connectivity index (χ0v) is 19.9. The molecule has 8 heteroatoms. The first-order valence-corrected chi connectivity index (χ1v) is 11.9. The molecule has 1 atom stereocenters. The Morgan fingerprint density at radius 1 is 0.971 bits per heavy atom. The summed E-state index contributed by atoms with van der Waals surface area (Å²) in [5, 5.41) is 12.3. The molecule has 0 bridgehead atoms. The number of para-hydroxylation sites is 1. The van der Waals surface area contributed by atoms with Crippen LogP contribution in [0.4, 0.5) is 4.39 Å². The topological polar surface area (TPSA) is 63.1 Å².